The highest BCUT2D eigenvalue weighted by Crippen LogP contribution is 2.28. The molecule has 0 aliphatic carbocycles. The van der Waals surface area contributed by atoms with Gasteiger partial charge in [-0.3, -0.25) is 9.59 Å². The smallest absolute Gasteiger partial charge is 0.295 e. The molecule has 0 unspecified atom stereocenters. The van der Waals surface area contributed by atoms with Gasteiger partial charge in [0.2, 0.25) is 0 Å². The molecular formula is C15H16BN3O3. The van der Waals surface area contributed by atoms with E-state index in [0.29, 0.717) is 53.9 Å². The first-order chi connectivity index (χ1) is 10.6. The summed E-state index contributed by atoms with van der Waals surface area (Å²) >= 11 is 0. The Morgan fingerprint density at radius 1 is 1.27 bits per heavy atom. The summed E-state index contributed by atoms with van der Waals surface area (Å²) in [5.74, 6) is -0.522. The molecule has 1 aliphatic heterocycles. The van der Waals surface area contributed by atoms with Gasteiger partial charge in [0, 0.05) is 37.9 Å². The van der Waals surface area contributed by atoms with Crippen molar-refractivity contribution in [1.29, 1.82) is 0 Å². The van der Waals surface area contributed by atoms with E-state index in [1.165, 1.54) is 13.3 Å². The highest BCUT2D eigenvalue weighted by atomic mass is 16.5. The lowest BCUT2D eigenvalue weighted by molar-refractivity contribution is -0.126. The molecule has 1 aliphatic rings. The molecule has 1 aromatic carbocycles. The number of Topliss-reactive ketones (excluding diaryl/α,β-unsaturated/α-hetero) is 1. The zero-order valence-electron chi connectivity index (χ0n) is 12.3. The second kappa shape index (κ2) is 5.85. The van der Waals surface area contributed by atoms with E-state index in [0.717, 1.165) is 0 Å². The van der Waals surface area contributed by atoms with Crippen LogP contribution in [0.1, 0.15) is 10.4 Å². The maximum absolute atomic E-state index is 12.6. The molecule has 0 saturated carbocycles. The number of benzene rings is 1. The summed E-state index contributed by atoms with van der Waals surface area (Å²) in [5, 5.41) is 3.70. The molecule has 6 nitrogen and oxygen atoms in total. The fourth-order valence-corrected chi connectivity index (χ4v) is 2.71. The van der Waals surface area contributed by atoms with Gasteiger partial charge in [-0.25, -0.2) is 0 Å². The van der Waals surface area contributed by atoms with Crippen molar-refractivity contribution in [2.24, 2.45) is 0 Å². The van der Waals surface area contributed by atoms with E-state index < -0.39 is 11.7 Å². The van der Waals surface area contributed by atoms with Gasteiger partial charge in [0.1, 0.15) is 13.6 Å². The summed E-state index contributed by atoms with van der Waals surface area (Å²) in [6.07, 6.45) is 1.52. The third-order valence-corrected chi connectivity index (χ3v) is 3.89. The Morgan fingerprint density at radius 2 is 2.00 bits per heavy atom. The number of methoxy groups -OCH3 is 1. The SMILES string of the molecule is [B]c1ccc(OC)c2c(C(=O)C(=O)N3CCNCC3)c[nH]c12. The number of ketones is 1. The highest BCUT2D eigenvalue weighted by Gasteiger charge is 2.27. The molecule has 1 saturated heterocycles. The standard InChI is InChI=1S/C15H16BN3O3/c1-22-11-3-2-10(16)13-12(11)9(8-18-13)14(20)15(21)19-6-4-17-5-7-19/h2-3,8,17-18H,4-7H2,1H3. The number of hydrogen-bond acceptors (Lipinski definition) is 4. The average molecular weight is 297 g/mol. The van der Waals surface area contributed by atoms with E-state index in [1.54, 1.807) is 17.0 Å². The van der Waals surface area contributed by atoms with E-state index in [4.69, 9.17) is 12.6 Å². The van der Waals surface area contributed by atoms with E-state index >= 15 is 0 Å². The van der Waals surface area contributed by atoms with Crippen molar-refractivity contribution in [2.75, 3.05) is 33.3 Å². The third-order valence-electron chi connectivity index (χ3n) is 3.89. The Labute approximate surface area is 129 Å². The molecule has 1 aromatic heterocycles. The van der Waals surface area contributed by atoms with Crippen LogP contribution in [-0.2, 0) is 4.79 Å². The van der Waals surface area contributed by atoms with Crippen LogP contribution < -0.4 is 15.5 Å². The van der Waals surface area contributed by atoms with Crippen molar-refractivity contribution in [2.45, 2.75) is 0 Å². The van der Waals surface area contributed by atoms with Crippen LogP contribution in [0.5, 0.6) is 5.75 Å². The van der Waals surface area contributed by atoms with Gasteiger partial charge in [0.25, 0.3) is 11.7 Å². The normalized spacial score (nSPS) is 15.0. The predicted octanol–water partition coefficient (Wildman–Crippen LogP) is -0.415. The number of hydrogen-bond donors (Lipinski definition) is 2. The minimum absolute atomic E-state index is 0.294. The fraction of sp³-hybridized carbons (Fsp3) is 0.333. The van der Waals surface area contributed by atoms with Crippen LogP contribution >= 0.6 is 0 Å². The second-order valence-electron chi connectivity index (χ2n) is 5.18. The van der Waals surface area contributed by atoms with Crippen molar-refractivity contribution < 1.29 is 14.3 Å². The zero-order valence-corrected chi connectivity index (χ0v) is 12.3. The zero-order chi connectivity index (χ0) is 15.7. The van der Waals surface area contributed by atoms with Crippen molar-refractivity contribution >= 4 is 35.9 Å². The second-order valence-corrected chi connectivity index (χ2v) is 5.18. The van der Waals surface area contributed by atoms with Crippen LogP contribution in [0.4, 0.5) is 0 Å². The summed E-state index contributed by atoms with van der Waals surface area (Å²) in [4.78, 5) is 29.5. The molecule has 2 radical (unpaired) electrons. The molecule has 1 amide bonds. The van der Waals surface area contributed by atoms with Crippen molar-refractivity contribution in [3.63, 3.8) is 0 Å². The number of carbonyl (C=O) groups is 2. The minimum atomic E-state index is -0.544. The van der Waals surface area contributed by atoms with Crippen LogP contribution in [-0.4, -0.2) is 62.7 Å². The Bertz CT molecular complexity index is 735. The molecule has 7 heteroatoms. The van der Waals surface area contributed by atoms with Gasteiger partial charge in [-0.05, 0) is 6.07 Å². The molecule has 1 fully saturated rings. The topological polar surface area (TPSA) is 74.4 Å². The van der Waals surface area contributed by atoms with Gasteiger partial charge in [0.15, 0.2) is 0 Å². The Kier molecular flexibility index (Phi) is 3.89. The molecule has 22 heavy (non-hydrogen) atoms. The molecule has 2 heterocycles. The number of nitrogens with one attached hydrogen (secondary N) is 2. The van der Waals surface area contributed by atoms with Crippen LogP contribution in [0, 0.1) is 0 Å². The van der Waals surface area contributed by atoms with Crippen molar-refractivity contribution in [1.82, 2.24) is 15.2 Å². The lowest BCUT2D eigenvalue weighted by atomic mass is 9.92. The third kappa shape index (κ3) is 2.37. The van der Waals surface area contributed by atoms with Crippen LogP contribution in [0.3, 0.4) is 0 Å². The van der Waals surface area contributed by atoms with E-state index in [2.05, 4.69) is 10.3 Å². The summed E-state index contributed by atoms with van der Waals surface area (Å²) in [7, 11) is 7.43. The molecule has 112 valence electrons. The number of nitrogens with zero attached hydrogens (tertiary/aromatic N) is 1. The lowest BCUT2D eigenvalue weighted by Crippen LogP contribution is -2.48. The van der Waals surface area contributed by atoms with Crippen molar-refractivity contribution in [3.8, 4) is 5.75 Å². The minimum Gasteiger partial charge on any atom is -0.496 e. The van der Waals surface area contributed by atoms with Crippen LogP contribution in [0.25, 0.3) is 10.9 Å². The summed E-state index contributed by atoms with van der Waals surface area (Å²) < 4.78 is 5.29. The first kappa shape index (κ1) is 14.7. The maximum atomic E-state index is 12.6. The van der Waals surface area contributed by atoms with Gasteiger partial charge in [-0.1, -0.05) is 11.5 Å². The number of amides is 1. The molecule has 2 aromatic rings. The van der Waals surface area contributed by atoms with E-state index in [9.17, 15) is 9.59 Å². The number of carbonyl (C=O) groups excluding carboxylic acids is 2. The Hall–Kier alpha value is -2.28. The highest BCUT2D eigenvalue weighted by molar-refractivity contribution is 6.46. The van der Waals surface area contributed by atoms with Gasteiger partial charge >= 0.3 is 0 Å². The first-order valence-electron chi connectivity index (χ1n) is 7.11. The molecular weight excluding hydrogens is 281 g/mol. The Morgan fingerprint density at radius 3 is 2.68 bits per heavy atom. The number of rotatable bonds is 3. The lowest BCUT2D eigenvalue weighted by Gasteiger charge is -2.26. The molecule has 0 spiro atoms. The first-order valence-corrected chi connectivity index (χ1v) is 7.11. The number of aromatic amines is 1. The summed E-state index contributed by atoms with van der Waals surface area (Å²) in [5.41, 5.74) is 1.41. The largest absolute Gasteiger partial charge is 0.496 e. The molecule has 0 atom stereocenters. The van der Waals surface area contributed by atoms with Gasteiger partial charge < -0.3 is 19.9 Å². The monoisotopic (exact) mass is 297 g/mol. The van der Waals surface area contributed by atoms with E-state index in [1.807, 2.05) is 0 Å². The van der Waals surface area contributed by atoms with Gasteiger partial charge in [-0.15, -0.1) is 0 Å². The summed E-state index contributed by atoms with van der Waals surface area (Å²) in [6, 6.07) is 3.39. The van der Waals surface area contributed by atoms with E-state index in [-0.39, 0.29) is 0 Å². The molecule has 0 bridgehead atoms. The number of fused-ring (bicyclic) bond motifs is 1. The predicted molar refractivity (Wildman–Crippen MR) is 84.0 cm³/mol. The number of H-pyrrole nitrogens is 1. The quantitative estimate of drug-likeness (QED) is 0.459. The van der Waals surface area contributed by atoms with Crippen molar-refractivity contribution in [3.05, 3.63) is 23.9 Å². The fourth-order valence-electron chi connectivity index (χ4n) is 2.71. The summed E-state index contributed by atoms with van der Waals surface area (Å²) in [6.45, 7) is 2.46. The number of ether oxygens (including phenoxy) is 1. The molecule has 3 rings (SSSR count). The number of piperazine rings is 1. The van der Waals surface area contributed by atoms with Crippen LogP contribution in [0.15, 0.2) is 18.3 Å². The van der Waals surface area contributed by atoms with Gasteiger partial charge in [0.05, 0.1) is 18.1 Å². The molecule has 2 N–H and O–H groups in total. The van der Waals surface area contributed by atoms with Gasteiger partial charge in [-0.2, -0.15) is 0 Å². The number of aromatic nitrogens is 1. The average Bonchev–Trinajstić information content (AvgIpc) is 3.01. The maximum Gasteiger partial charge on any atom is 0.295 e. The Balaban J connectivity index is 2.00. The van der Waals surface area contributed by atoms with Crippen LogP contribution in [0.2, 0.25) is 0 Å².